The lowest BCUT2D eigenvalue weighted by Gasteiger charge is -2.16. The fourth-order valence-corrected chi connectivity index (χ4v) is 2.32. The molecule has 1 fully saturated rings. The molecule has 0 saturated heterocycles. The lowest BCUT2D eigenvalue weighted by molar-refractivity contribution is 0.444. The van der Waals surface area contributed by atoms with Gasteiger partial charge in [0.15, 0.2) is 0 Å². The van der Waals surface area contributed by atoms with E-state index in [-0.39, 0.29) is 0 Å². The molecule has 1 aliphatic rings. The van der Waals surface area contributed by atoms with Gasteiger partial charge < -0.3 is 5.73 Å². The summed E-state index contributed by atoms with van der Waals surface area (Å²) in [6, 6.07) is 8.77. The summed E-state index contributed by atoms with van der Waals surface area (Å²) in [4.78, 5) is 4.58. The van der Waals surface area contributed by atoms with Crippen molar-refractivity contribution in [2.45, 2.75) is 45.1 Å². The Balaban J connectivity index is 1.95. The van der Waals surface area contributed by atoms with E-state index in [4.69, 9.17) is 5.73 Å². The first-order valence-corrected chi connectivity index (χ1v) is 6.81. The minimum absolute atomic E-state index is 0.515. The minimum Gasteiger partial charge on any atom is -0.398 e. The Bertz CT molecular complexity index is 423. The highest BCUT2D eigenvalue weighted by Gasteiger charge is 2.10. The molecule has 0 bridgehead atoms. The summed E-state index contributed by atoms with van der Waals surface area (Å²) in [5.74, 6) is 0. The molecular formula is C16H22N2. The van der Waals surface area contributed by atoms with Crippen LogP contribution in [-0.2, 0) is 0 Å². The third kappa shape index (κ3) is 3.73. The maximum atomic E-state index is 6.03. The molecule has 96 valence electrons. The van der Waals surface area contributed by atoms with Gasteiger partial charge in [-0.15, -0.1) is 0 Å². The van der Waals surface area contributed by atoms with Crippen LogP contribution in [0.15, 0.2) is 35.3 Å². The van der Waals surface area contributed by atoms with Crippen LogP contribution in [0.3, 0.4) is 0 Å². The number of nitrogens with zero attached hydrogens (tertiary/aromatic N) is 1. The van der Waals surface area contributed by atoms with Crippen molar-refractivity contribution in [3.63, 3.8) is 0 Å². The van der Waals surface area contributed by atoms with E-state index in [1.165, 1.54) is 37.7 Å². The van der Waals surface area contributed by atoms with E-state index in [9.17, 15) is 0 Å². The number of hydrogen-bond donors (Lipinski definition) is 1. The van der Waals surface area contributed by atoms with E-state index in [1.807, 2.05) is 12.3 Å². The first-order chi connectivity index (χ1) is 8.75. The normalized spacial score (nSPS) is 18.4. The summed E-state index contributed by atoms with van der Waals surface area (Å²) >= 11 is 0. The highest BCUT2D eigenvalue weighted by molar-refractivity contribution is 5.83. The van der Waals surface area contributed by atoms with E-state index < -0.39 is 0 Å². The topological polar surface area (TPSA) is 38.4 Å². The van der Waals surface area contributed by atoms with Crippen LogP contribution >= 0.6 is 0 Å². The Morgan fingerprint density at radius 2 is 1.83 bits per heavy atom. The standard InChI is InChI=1S/C16H22N2/c1-13-7-9-14(10-8-13)16(17)11-12-18-15-5-3-2-4-6-15/h7-12,15H,2-6,17H2,1H3/b16-11-,18-12?. The summed E-state index contributed by atoms with van der Waals surface area (Å²) in [5.41, 5.74) is 9.13. The van der Waals surface area contributed by atoms with Crippen molar-refractivity contribution < 1.29 is 0 Å². The number of nitrogens with two attached hydrogens (primary N) is 1. The Kier molecular flexibility index (Phi) is 4.57. The maximum absolute atomic E-state index is 6.03. The van der Waals surface area contributed by atoms with Crippen LogP contribution in [0.5, 0.6) is 0 Å². The Morgan fingerprint density at radius 3 is 2.50 bits per heavy atom. The van der Waals surface area contributed by atoms with Crippen molar-refractivity contribution in [1.82, 2.24) is 0 Å². The molecule has 0 atom stereocenters. The molecule has 0 spiro atoms. The summed E-state index contributed by atoms with van der Waals surface area (Å²) in [5, 5.41) is 0. The van der Waals surface area contributed by atoms with Gasteiger partial charge in [-0.1, -0.05) is 49.1 Å². The average Bonchev–Trinajstić information content (AvgIpc) is 2.40. The summed E-state index contributed by atoms with van der Waals surface area (Å²) in [6.07, 6.45) is 10.3. The number of aliphatic imine (C=N–C) groups is 1. The number of allylic oxidation sites excluding steroid dienone is 1. The second-order valence-electron chi connectivity index (χ2n) is 5.08. The molecule has 0 aromatic heterocycles. The molecule has 2 N–H and O–H groups in total. The van der Waals surface area contributed by atoms with E-state index in [0.717, 1.165) is 11.3 Å². The van der Waals surface area contributed by atoms with E-state index in [2.05, 4.69) is 36.2 Å². The third-order valence-corrected chi connectivity index (χ3v) is 3.51. The van der Waals surface area contributed by atoms with Gasteiger partial charge >= 0.3 is 0 Å². The molecular weight excluding hydrogens is 220 g/mol. The largest absolute Gasteiger partial charge is 0.398 e. The Morgan fingerprint density at radius 1 is 1.17 bits per heavy atom. The first kappa shape index (κ1) is 12.9. The Hall–Kier alpha value is -1.57. The molecule has 0 amide bonds. The molecule has 1 saturated carbocycles. The van der Waals surface area contributed by atoms with E-state index in [0.29, 0.717) is 6.04 Å². The molecule has 0 heterocycles. The fourth-order valence-electron chi connectivity index (χ4n) is 2.32. The van der Waals surface area contributed by atoms with Crippen LogP contribution in [0.4, 0.5) is 0 Å². The lowest BCUT2D eigenvalue weighted by atomic mass is 9.96. The second-order valence-corrected chi connectivity index (χ2v) is 5.08. The van der Waals surface area contributed by atoms with Gasteiger partial charge in [-0.3, -0.25) is 4.99 Å². The molecule has 0 radical (unpaired) electrons. The average molecular weight is 242 g/mol. The number of hydrogen-bond acceptors (Lipinski definition) is 2. The van der Waals surface area contributed by atoms with Crippen molar-refractivity contribution >= 4 is 11.9 Å². The number of aryl methyl sites for hydroxylation is 1. The zero-order valence-electron chi connectivity index (χ0n) is 11.1. The van der Waals surface area contributed by atoms with Gasteiger partial charge in [0, 0.05) is 18.0 Å². The van der Waals surface area contributed by atoms with E-state index >= 15 is 0 Å². The minimum atomic E-state index is 0.515. The van der Waals surface area contributed by atoms with Crippen LogP contribution in [0.1, 0.15) is 43.2 Å². The molecule has 2 rings (SSSR count). The van der Waals surface area contributed by atoms with Crippen LogP contribution in [-0.4, -0.2) is 12.3 Å². The maximum Gasteiger partial charge on any atom is 0.0499 e. The van der Waals surface area contributed by atoms with Gasteiger partial charge in [0.25, 0.3) is 0 Å². The van der Waals surface area contributed by atoms with Gasteiger partial charge in [0.05, 0.1) is 0 Å². The van der Waals surface area contributed by atoms with Gasteiger partial charge in [-0.05, 0) is 31.4 Å². The summed E-state index contributed by atoms with van der Waals surface area (Å²) in [6.45, 7) is 2.08. The molecule has 1 aromatic carbocycles. The van der Waals surface area contributed by atoms with Gasteiger partial charge in [0.1, 0.15) is 0 Å². The quantitative estimate of drug-likeness (QED) is 0.806. The van der Waals surface area contributed by atoms with Gasteiger partial charge in [-0.2, -0.15) is 0 Å². The zero-order chi connectivity index (χ0) is 12.8. The van der Waals surface area contributed by atoms with Crippen molar-refractivity contribution in [3.8, 4) is 0 Å². The van der Waals surface area contributed by atoms with Crippen molar-refractivity contribution in [2.75, 3.05) is 0 Å². The molecule has 2 nitrogen and oxygen atoms in total. The lowest BCUT2D eigenvalue weighted by Crippen LogP contribution is -2.09. The zero-order valence-corrected chi connectivity index (χ0v) is 11.1. The molecule has 2 heteroatoms. The highest BCUT2D eigenvalue weighted by atomic mass is 14.8. The summed E-state index contributed by atoms with van der Waals surface area (Å²) < 4.78 is 0. The SMILES string of the molecule is Cc1ccc(/C(N)=C/C=NC2CCCCC2)cc1. The first-order valence-electron chi connectivity index (χ1n) is 6.81. The Labute approximate surface area is 110 Å². The fraction of sp³-hybridized carbons (Fsp3) is 0.438. The van der Waals surface area contributed by atoms with Crippen LogP contribution in [0.2, 0.25) is 0 Å². The smallest absolute Gasteiger partial charge is 0.0499 e. The third-order valence-electron chi connectivity index (χ3n) is 3.51. The number of rotatable bonds is 3. The van der Waals surface area contributed by atoms with Gasteiger partial charge in [0.2, 0.25) is 0 Å². The van der Waals surface area contributed by atoms with E-state index in [1.54, 1.807) is 0 Å². The van der Waals surface area contributed by atoms with Crippen molar-refractivity contribution in [1.29, 1.82) is 0 Å². The predicted octanol–water partition coefficient (Wildman–Crippen LogP) is 3.70. The van der Waals surface area contributed by atoms with Crippen molar-refractivity contribution in [3.05, 3.63) is 41.5 Å². The molecule has 0 aliphatic heterocycles. The van der Waals surface area contributed by atoms with Crippen LogP contribution in [0, 0.1) is 6.92 Å². The molecule has 0 unspecified atom stereocenters. The van der Waals surface area contributed by atoms with Crippen LogP contribution in [0.25, 0.3) is 5.70 Å². The second kappa shape index (κ2) is 6.39. The molecule has 1 aliphatic carbocycles. The monoisotopic (exact) mass is 242 g/mol. The summed E-state index contributed by atoms with van der Waals surface area (Å²) in [7, 11) is 0. The number of benzene rings is 1. The van der Waals surface area contributed by atoms with Crippen LogP contribution < -0.4 is 5.73 Å². The molecule has 18 heavy (non-hydrogen) atoms. The predicted molar refractivity (Wildman–Crippen MR) is 78.7 cm³/mol. The molecule has 1 aromatic rings. The van der Waals surface area contributed by atoms with Gasteiger partial charge in [-0.25, -0.2) is 0 Å². The highest BCUT2D eigenvalue weighted by Crippen LogP contribution is 2.19. The van der Waals surface area contributed by atoms with Crippen molar-refractivity contribution in [2.24, 2.45) is 10.7 Å².